The van der Waals surface area contributed by atoms with Crippen LogP contribution in [0.25, 0.3) is 0 Å². The Morgan fingerprint density at radius 3 is 2.62 bits per heavy atom. The van der Waals surface area contributed by atoms with Crippen LogP contribution < -0.4 is 5.32 Å². The summed E-state index contributed by atoms with van der Waals surface area (Å²) in [6.07, 6.45) is 0. The minimum Gasteiger partial charge on any atom is -0.505 e. The first kappa shape index (κ1) is 16.2. The largest absolute Gasteiger partial charge is 0.505 e. The maximum Gasteiger partial charge on any atom is 0.165 e. The number of para-hydroxylation sites is 1. The van der Waals surface area contributed by atoms with Gasteiger partial charge in [-0.05, 0) is 17.5 Å². The topological polar surface area (TPSA) is 35.5 Å². The third-order valence-electron chi connectivity index (χ3n) is 3.64. The van der Waals surface area contributed by atoms with Crippen LogP contribution in [0.4, 0.5) is 4.39 Å². The van der Waals surface area contributed by atoms with E-state index >= 15 is 0 Å². The Hall–Kier alpha value is -1.14. The van der Waals surface area contributed by atoms with Crippen molar-refractivity contribution in [2.75, 3.05) is 26.2 Å². The van der Waals surface area contributed by atoms with Crippen molar-refractivity contribution in [3.8, 4) is 5.75 Å². The fraction of sp³-hybridized carbons (Fsp3) is 0.333. The molecular weight excluding hydrogens is 311 g/mol. The Morgan fingerprint density at radius 1 is 1.19 bits per heavy atom. The van der Waals surface area contributed by atoms with Gasteiger partial charge in [0, 0.05) is 36.6 Å². The van der Waals surface area contributed by atoms with E-state index in [-0.39, 0.29) is 24.2 Å². The van der Waals surface area contributed by atoms with Crippen molar-refractivity contribution in [1.82, 2.24) is 10.2 Å². The average Bonchev–Trinajstić information content (AvgIpc) is 2.99. The van der Waals surface area contributed by atoms with Crippen LogP contribution in [-0.4, -0.2) is 36.2 Å². The minimum atomic E-state index is -0.556. The van der Waals surface area contributed by atoms with Crippen LogP contribution in [0.1, 0.15) is 16.5 Å². The number of hydrogen-bond donors (Lipinski definition) is 2. The zero-order valence-electron chi connectivity index (χ0n) is 11.5. The second-order valence-corrected chi connectivity index (χ2v) is 5.86. The number of hydrogen-bond acceptors (Lipinski definition) is 4. The monoisotopic (exact) mass is 328 g/mol. The SMILES string of the molecule is Cl.Oc1c(F)cccc1[C@@H](c1cccs1)N1CCNCC1. The van der Waals surface area contributed by atoms with Crippen molar-refractivity contribution in [2.24, 2.45) is 0 Å². The molecule has 0 amide bonds. The predicted molar refractivity (Wildman–Crippen MR) is 85.9 cm³/mol. The summed E-state index contributed by atoms with van der Waals surface area (Å²) in [5, 5.41) is 15.4. The van der Waals surface area contributed by atoms with Gasteiger partial charge < -0.3 is 10.4 Å². The molecule has 2 N–H and O–H groups in total. The van der Waals surface area contributed by atoms with Crippen LogP contribution in [0.2, 0.25) is 0 Å². The van der Waals surface area contributed by atoms with Gasteiger partial charge >= 0.3 is 0 Å². The van der Waals surface area contributed by atoms with Crippen LogP contribution in [-0.2, 0) is 0 Å². The zero-order valence-corrected chi connectivity index (χ0v) is 13.1. The van der Waals surface area contributed by atoms with E-state index in [0.717, 1.165) is 31.1 Å². The summed E-state index contributed by atoms with van der Waals surface area (Å²) in [5.74, 6) is -0.788. The van der Waals surface area contributed by atoms with Crippen molar-refractivity contribution < 1.29 is 9.50 Å². The van der Waals surface area contributed by atoms with Crippen LogP contribution in [0.15, 0.2) is 35.7 Å². The third kappa shape index (κ3) is 3.37. The summed E-state index contributed by atoms with van der Waals surface area (Å²) in [5.41, 5.74) is 0.648. The zero-order chi connectivity index (χ0) is 13.9. The van der Waals surface area contributed by atoms with E-state index in [2.05, 4.69) is 10.2 Å². The molecule has 1 aliphatic heterocycles. The molecule has 0 spiro atoms. The molecule has 1 aliphatic rings. The normalized spacial score (nSPS) is 17.2. The molecule has 0 saturated carbocycles. The van der Waals surface area contributed by atoms with Crippen LogP contribution in [0, 0.1) is 5.82 Å². The Kier molecular flexibility index (Phi) is 5.58. The molecule has 0 bridgehead atoms. The highest BCUT2D eigenvalue weighted by atomic mass is 35.5. The maximum absolute atomic E-state index is 13.7. The highest BCUT2D eigenvalue weighted by Gasteiger charge is 2.27. The molecule has 0 aliphatic carbocycles. The smallest absolute Gasteiger partial charge is 0.165 e. The molecule has 114 valence electrons. The first-order valence-corrected chi connectivity index (χ1v) is 7.61. The molecule has 6 heteroatoms. The fourth-order valence-corrected chi connectivity index (χ4v) is 3.55. The van der Waals surface area contributed by atoms with Crippen LogP contribution in [0.5, 0.6) is 5.75 Å². The van der Waals surface area contributed by atoms with Gasteiger partial charge in [0.25, 0.3) is 0 Å². The molecule has 3 nitrogen and oxygen atoms in total. The molecular formula is C15H18ClFN2OS. The van der Waals surface area contributed by atoms with E-state index in [0.29, 0.717) is 5.56 Å². The molecule has 1 atom stereocenters. The predicted octanol–water partition coefficient (Wildman–Crippen LogP) is 3.01. The first-order valence-electron chi connectivity index (χ1n) is 6.73. The van der Waals surface area contributed by atoms with Gasteiger partial charge in [-0.1, -0.05) is 18.2 Å². The van der Waals surface area contributed by atoms with Crippen molar-refractivity contribution >= 4 is 23.7 Å². The number of nitrogens with one attached hydrogen (secondary N) is 1. The number of nitrogens with zero attached hydrogens (tertiary/aromatic N) is 1. The first-order chi connectivity index (χ1) is 9.77. The number of phenols is 1. The Bertz CT molecular complexity index is 573. The number of benzene rings is 1. The van der Waals surface area contributed by atoms with Crippen molar-refractivity contribution in [3.63, 3.8) is 0 Å². The summed E-state index contributed by atoms with van der Waals surface area (Å²) < 4.78 is 13.7. The average molecular weight is 329 g/mol. The van der Waals surface area contributed by atoms with Crippen molar-refractivity contribution in [2.45, 2.75) is 6.04 Å². The molecule has 1 aromatic carbocycles. The van der Waals surface area contributed by atoms with Gasteiger partial charge in [-0.2, -0.15) is 0 Å². The van der Waals surface area contributed by atoms with Gasteiger partial charge in [0.2, 0.25) is 0 Å². The summed E-state index contributed by atoms with van der Waals surface area (Å²) in [6.45, 7) is 3.60. The van der Waals surface area contributed by atoms with Gasteiger partial charge in [-0.25, -0.2) is 4.39 Å². The molecule has 2 aromatic rings. The number of piperazine rings is 1. The lowest BCUT2D eigenvalue weighted by Crippen LogP contribution is -2.45. The number of phenolic OH excluding ortho intramolecular Hbond substituents is 1. The molecule has 2 heterocycles. The lowest BCUT2D eigenvalue weighted by molar-refractivity contribution is 0.197. The maximum atomic E-state index is 13.7. The van der Waals surface area contributed by atoms with E-state index in [4.69, 9.17) is 0 Å². The van der Waals surface area contributed by atoms with E-state index < -0.39 is 5.82 Å². The molecule has 1 aromatic heterocycles. The van der Waals surface area contributed by atoms with E-state index in [1.165, 1.54) is 6.07 Å². The summed E-state index contributed by atoms with van der Waals surface area (Å²) in [6, 6.07) is 8.72. The molecule has 3 rings (SSSR count). The highest BCUT2D eigenvalue weighted by molar-refractivity contribution is 7.10. The minimum absolute atomic E-state index is 0. The van der Waals surface area contributed by atoms with Gasteiger partial charge in [0.1, 0.15) is 0 Å². The molecule has 21 heavy (non-hydrogen) atoms. The molecule has 1 fully saturated rings. The second kappa shape index (κ2) is 7.22. The standard InChI is InChI=1S/C15H17FN2OS.ClH/c16-12-4-1-3-11(15(12)19)14(13-5-2-10-20-13)18-8-6-17-7-9-18;/h1-5,10,14,17,19H,6-9H2;1H/t14-;/m0./s1. The molecule has 1 saturated heterocycles. The van der Waals surface area contributed by atoms with Gasteiger partial charge in [0.05, 0.1) is 6.04 Å². The number of halogens is 2. The Morgan fingerprint density at radius 2 is 1.95 bits per heavy atom. The second-order valence-electron chi connectivity index (χ2n) is 4.88. The van der Waals surface area contributed by atoms with Crippen LogP contribution >= 0.6 is 23.7 Å². The molecule has 0 unspecified atom stereocenters. The third-order valence-corrected chi connectivity index (χ3v) is 4.57. The lowest BCUT2D eigenvalue weighted by atomic mass is 10.0. The summed E-state index contributed by atoms with van der Waals surface area (Å²) in [4.78, 5) is 3.42. The Labute approximate surface area is 133 Å². The van der Waals surface area contributed by atoms with Gasteiger partial charge in [-0.3, -0.25) is 4.90 Å². The summed E-state index contributed by atoms with van der Waals surface area (Å²) in [7, 11) is 0. The van der Waals surface area contributed by atoms with Crippen LogP contribution in [0.3, 0.4) is 0 Å². The Balaban J connectivity index is 0.00000161. The molecule has 0 radical (unpaired) electrons. The van der Waals surface area contributed by atoms with E-state index in [1.807, 2.05) is 23.6 Å². The van der Waals surface area contributed by atoms with Gasteiger partial charge in [-0.15, -0.1) is 23.7 Å². The number of thiophene rings is 1. The summed E-state index contributed by atoms with van der Waals surface area (Å²) >= 11 is 1.64. The van der Waals surface area contributed by atoms with E-state index in [1.54, 1.807) is 17.4 Å². The van der Waals surface area contributed by atoms with Crippen molar-refractivity contribution in [1.29, 1.82) is 0 Å². The number of rotatable bonds is 3. The van der Waals surface area contributed by atoms with E-state index in [9.17, 15) is 9.50 Å². The van der Waals surface area contributed by atoms with Crippen molar-refractivity contribution in [3.05, 3.63) is 52.0 Å². The fourth-order valence-electron chi connectivity index (χ4n) is 2.67. The quantitative estimate of drug-likeness (QED) is 0.909. The number of aromatic hydroxyl groups is 1. The highest BCUT2D eigenvalue weighted by Crippen LogP contribution is 2.37. The van der Waals surface area contributed by atoms with Gasteiger partial charge in [0.15, 0.2) is 11.6 Å². The lowest BCUT2D eigenvalue weighted by Gasteiger charge is -2.35.